The Balaban J connectivity index is 2.27. The van der Waals surface area contributed by atoms with E-state index in [4.69, 9.17) is 5.11 Å². The van der Waals surface area contributed by atoms with Crippen molar-refractivity contribution in [2.75, 3.05) is 11.9 Å². The number of fused-ring (bicyclic) bond motifs is 1. The fraction of sp³-hybridized carbons (Fsp3) is 0.455. The molecule has 13 heavy (non-hydrogen) atoms. The van der Waals surface area contributed by atoms with Gasteiger partial charge in [0, 0.05) is 24.3 Å². The molecule has 70 valence electrons. The van der Waals surface area contributed by atoms with Gasteiger partial charge in [0.2, 0.25) is 0 Å². The minimum absolute atomic E-state index is 0.266. The second-order valence-corrected chi connectivity index (χ2v) is 3.74. The van der Waals surface area contributed by atoms with Gasteiger partial charge in [-0.15, -0.1) is 0 Å². The van der Waals surface area contributed by atoms with Gasteiger partial charge in [0.1, 0.15) is 0 Å². The van der Waals surface area contributed by atoms with E-state index in [2.05, 4.69) is 24.4 Å². The van der Waals surface area contributed by atoms with E-state index in [9.17, 15) is 0 Å². The van der Waals surface area contributed by atoms with Gasteiger partial charge in [-0.05, 0) is 25.0 Å². The zero-order valence-electron chi connectivity index (χ0n) is 7.83. The van der Waals surface area contributed by atoms with Crippen molar-refractivity contribution in [1.82, 2.24) is 0 Å². The molecule has 0 spiro atoms. The third-order valence-corrected chi connectivity index (χ3v) is 2.82. The standard InChI is InChI=1S/C11H15NO/c1-8-10(7-13)6-9-4-2-3-5-11(9)12-8/h2-5,8,10,12-13H,6-7H2,1H3. The first-order valence-electron chi connectivity index (χ1n) is 4.76. The van der Waals surface area contributed by atoms with Crippen molar-refractivity contribution in [3.8, 4) is 0 Å². The van der Waals surface area contributed by atoms with Crippen LogP contribution >= 0.6 is 0 Å². The van der Waals surface area contributed by atoms with Crippen LogP contribution in [0.4, 0.5) is 5.69 Å². The summed E-state index contributed by atoms with van der Waals surface area (Å²) in [4.78, 5) is 0. The molecule has 0 fully saturated rings. The van der Waals surface area contributed by atoms with Gasteiger partial charge < -0.3 is 10.4 Å². The number of nitrogens with one attached hydrogen (secondary N) is 1. The van der Waals surface area contributed by atoms with Crippen LogP contribution in [0, 0.1) is 5.92 Å². The minimum Gasteiger partial charge on any atom is -0.396 e. The summed E-state index contributed by atoms with van der Waals surface area (Å²) in [5, 5.41) is 12.5. The largest absolute Gasteiger partial charge is 0.396 e. The molecule has 1 heterocycles. The predicted molar refractivity (Wildman–Crippen MR) is 53.8 cm³/mol. The van der Waals surface area contributed by atoms with Crippen molar-refractivity contribution < 1.29 is 5.11 Å². The van der Waals surface area contributed by atoms with Crippen molar-refractivity contribution in [3.63, 3.8) is 0 Å². The lowest BCUT2D eigenvalue weighted by atomic mass is 9.89. The predicted octanol–water partition coefficient (Wildman–Crippen LogP) is 1.65. The van der Waals surface area contributed by atoms with Gasteiger partial charge in [0.05, 0.1) is 0 Å². The van der Waals surface area contributed by atoms with Crippen LogP contribution in [0.3, 0.4) is 0 Å². The first-order chi connectivity index (χ1) is 6.31. The lowest BCUT2D eigenvalue weighted by Gasteiger charge is -2.31. The van der Waals surface area contributed by atoms with E-state index in [1.54, 1.807) is 0 Å². The van der Waals surface area contributed by atoms with Gasteiger partial charge in [-0.3, -0.25) is 0 Å². The molecule has 2 rings (SSSR count). The van der Waals surface area contributed by atoms with Crippen LogP contribution in [-0.4, -0.2) is 17.8 Å². The van der Waals surface area contributed by atoms with Crippen LogP contribution < -0.4 is 5.32 Å². The number of anilines is 1. The number of para-hydroxylation sites is 1. The SMILES string of the molecule is CC1Nc2ccccc2CC1CO. The molecule has 2 heteroatoms. The van der Waals surface area contributed by atoms with E-state index in [1.165, 1.54) is 11.3 Å². The summed E-state index contributed by atoms with van der Waals surface area (Å²) < 4.78 is 0. The second-order valence-electron chi connectivity index (χ2n) is 3.74. The Kier molecular flexibility index (Phi) is 2.23. The quantitative estimate of drug-likeness (QED) is 0.683. The number of aliphatic hydroxyl groups excluding tert-OH is 1. The molecule has 1 aliphatic heterocycles. The van der Waals surface area contributed by atoms with E-state index in [1.807, 2.05) is 12.1 Å². The summed E-state index contributed by atoms with van der Waals surface area (Å²) in [6.07, 6.45) is 0.987. The monoisotopic (exact) mass is 177 g/mol. The molecule has 0 saturated carbocycles. The van der Waals surface area contributed by atoms with Crippen LogP contribution in [-0.2, 0) is 6.42 Å². The molecule has 2 N–H and O–H groups in total. The van der Waals surface area contributed by atoms with Gasteiger partial charge in [-0.1, -0.05) is 18.2 Å². The molecule has 2 nitrogen and oxygen atoms in total. The van der Waals surface area contributed by atoms with Crippen LogP contribution in [0.1, 0.15) is 12.5 Å². The summed E-state index contributed by atoms with van der Waals surface area (Å²) in [6, 6.07) is 8.68. The average Bonchev–Trinajstić information content (AvgIpc) is 2.17. The summed E-state index contributed by atoms with van der Waals surface area (Å²) in [6.45, 7) is 2.39. The van der Waals surface area contributed by atoms with E-state index in [-0.39, 0.29) is 6.61 Å². The number of aliphatic hydroxyl groups is 1. The van der Waals surface area contributed by atoms with Crippen LogP contribution in [0.15, 0.2) is 24.3 Å². The zero-order valence-corrected chi connectivity index (χ0v) is 7.83. The van der Waals surface area contributed by atoms with Gasteiger partial charge in [0.15, 0.2) is 0 Å². The third-order valence-electron chi connectivity index (χ3n) is 2.82. The molecular formula is C11H15NO. The molecule has 2 unspecified atom stereocenters. The van der Waals surface area contributed by atoms with Crippen molar-refractivity contribution >= 4 is 5.69 Å². The normalized spacial score (nSPS) is 26.3. The second kappa shape index (κ2) is 3.38. The van der Waals surface area contributed by atoms with E-state index in [0.29, 0.717) is 12.0 Å². The fourth-order valence-corrected chi connectivity index (χ4v) is 1.88. The van der Waals surface area contributed by atoms with Crippen molar-refractivity contribution in [2.45, 2.75) is 19.4 Å². The summed E-state index contributed by atoms with van der Waals surface area (Å²) >= 11 is 0. The Morgan fingerprint density at radius 2 is 2.23 bits per heavy atom. The van der Waals surface area contributed by atoms with Crippen LogP contribution in [0.5, 0.6) is 0 Å². The molecule has 1 aromatic rings. The highest BCUT2D eigenvalue weighted by atomic mass is 16.3. The lowest BCUT2D eigenvalue weighted by molar-refractivity contribution is 0.210. The van der Waals surface area contributed by atoms with Crippen LogP contribution in [0.2, 0.25) is 0 Å². The van der Waals surface area contributed by atoms with Gasteiger partial charge in [-0.2, -0.15) is 0 Å². The van der Waals surface area contributed by atoms with E-state index in [0.717, 1.165) is 6.42 Å². The number of benzene rings is 1. The van der Waals surface area contributed by atoms with Gasteiger partial charge in [-0.25, -0.2) is 0 Å². The maximum Gasteiger partial charge on any atom is 0.0481 e. The average molecular weight is 177 g/mol. The summed E-state index contributed by atoms with van der Waals surface area (Å²) in [7, 11) is 0. The van der Waals surface area contributed by atoms with Crippen molar-refractivity contribution in [2.24, 2.45) is 5.92 Å². The number of rotatable bonds is 1. The molecule has 0 bridgehead atoms. The Bertz CT molecular complexity index is 298. The van der Waals surface area contributed by atoms with Gasteiger partial charge in [0.25, 0.3) is 0 Å². The number of hydrogen-bond donors (Lipinski definition) is 2. The fourth-order valence-electron chi connectivity index (χ4n) is 1.88. The molecule has 1 aliphatic rings. The zero-order chi connectivity index (χ0) is 9.26. The van der Waals surface area contributed by atoms with Gasteiger partial charge >= 0.3 is 0 Å². The highest BCUT2D eigenvalue weighted by Crippen LogP contribution is 2.27. The molecular weight excluding hydrogens is 162 g/mol. The maximum absolute atomic E-state index is 9.15. The Hall–Kier alpha value is -1.02. The smallest absolute Gasteiger partial charge is 0.0481 e. The Morgan fingerprint density at radius 3 is 3.00 bits per heavy atom. The first kappa shape index (κ1) is 8.57. The maximum atomic E-state index is 9.15. The Labute approximate surface area is 78.6 Å². The van der Waals surface area contributed by atoms with Crippen molar-refractivity contribution in [1.29, 1.82) is 0 Å². The summed E-state index contributed by atoms with van der Waals surface area (Å²) in [5.41, 5.74) is 2.54. The topological polar surface area (TPSA) is 32.3 Å². The molecule has 0 aliphatic carbocycles. The summed E-state index contributed by atoms with van der Waals surface area (Å²) in [5.74, 6) is 0.356. The molecule has 2 atom stereocenters. The lowest BCUT2D eigenvalue weighted by Crippen LogP contribution is -2.34. The first-order valence-corrected chi connectivity index (χ1v) is 4.76. The van der Waals surface area contributed by atoms with Crippen LogP contribution in [0.25, 0.3) is 0 Å². The minimum atomic E-state index is 0.266. The molecule has 0 radical (unpaired) electrons. The van der Waals surface area contributed by atoms with E-state index >= 15 is 0 Å². The molecule has 0 saturated heterocycles. The highest BCUT2D eigenvalue weighted by molar-refractivity contribution is 5.54. The third kappa shape index (κ3) is 1.54. The molecule has 0 aromatic heterocycles. The van der Waals surface area contributed by atoms with Crippen molar-refractivity contribution in [3.05, 3.63) is 29.8 Å². The molecule has 0 amide bonds. The van der Waals surface area contributed by atoms with E-state index < -0.39 is 0 Å². The molecule has 1 aromatic carbocycles. The highest BCUT2D eigenvalue weighted by Gasteiger charge is 2.23. The number of hydrogen-bond acceptors (Lipinski definition) is 2. The Morgan fingerprint density at radius 1 is 1.46 bits per heavy atom.